The molecule has 0 rings (SSSR count). The number of hydrogen-bond acceptors (Lipinski definition) is 4. The minimum absolute atomic E-state index is 0.0189. The number of ether oxygens (including phenoxy) is 2. The fourth-order valence-electron chi connectivity index (χ4n) is 0.900. The lowest BCUT2D eigenvalue weighted by Crippen LogP contribution is -2.52. The van der Waals surface area contributed by atoms with E-state index >= 15 is 0 Å². The van der Waals surface area contributed by atoms with Crippen molar-refractivity contribution in [2.75, 3.05) is 19.8 Å². The van der Waals surface area contributed by atoms with Gasteiger partial charge in [-0.15, -0.1) is 0 Å². The van der Waals surface area contributed by atoms with Crippen molar-refractivity contribution in [1.29, 1.82) is 0 Å². The summed E-state index contributed by atoms with van der Waals surface area (Å²) in [5.41, 5.74) is -3.20. The number of carbonyl (C=O) groups is 1. The monoisotopic (exact) mass is 271 g/mol. The second-order valence-electron chi connectivity index (χ2n) is 3.25. The Kier molecular flexibility index (Phi) is 6.53. The van der Waals surface area contributed by atoms with Gasteiger partial charge >= 0.3 is 12.3 Å². The van der Waals surface area contributed by atoms with Crippen LogP contribution in [0.3, 0.4) is 0 Å². The Morgan fingerprint density at radius 3 is 2.39 bits per heavy atom. The highest BCUT2D eigenvalue weighted by Crippen LogP contribution is 2.31. The van der Waals surface area contributed by atoms with Crippen LogP contribution in [0.15, 0.2) is 12.3 Å². The number of amides is 1. The van der Waals surface area contributed by atoms with Crippen molar-refractivity contribution >= 4 is 6.09 Å². The molecule has 0 bridgehead atoms. The molecule has 0 aromatic heterocycles. The Labute approximate surface area is 103 Å². The van der Waals surface area contributed by atoms with Crippen molar-refractivity contribution in [3.8, 4) is 0 Å². The summed E-state index contributed by atoms with van der Waals surface area (Å²) in [5.74, 6) is 0. The molecule has 106 valence electrons. The molecule has 0 unspecified atom stereocenters. The van der Waals surface area contributed by atoms with Crippen molar-refractivity contribution < 1.29 is 32.5 Å². The first-order chi connectivity index (χ1) is 8.27. The molecule has 0 aliphatic rings. The van der Waals surface area contributed by atoms with Gasteiger partial charge in [0.05, 0.1) is 26.0 Å². The van der Waals surface area contributed by atoms with Gasteiger partial charge in [-0.3, -0.25) is 0 Å². The van der Waals surface area contributed by atoms with Crippen LogP contribution in [-0.4, -0.2) is 42.7 Å². The van der Waals surface area contributed by atoms with Gasteiger partial charge in [-0.25, -0.2) is 4.79 Å². The van der Waals surface area contributed by atoms with E-state index in [0.29, 0.717) is 6.08 Å². The normalized spacial score (nSPS) is 15.2. The Morgan fingerprint density at radius 2 is 1.94 bits per heavy atom. The van der Waals surface area contributed by atoms with Gasteiger partial charge in [0.1, 0.15) is 0 Å². The maximum atomic E-state index is 12.6. The molecule has 0 saturated carbocycles. The highest BCUT2D eigenvalue weighted by molar-refractivity contribution is 5.67. The zero-order valence-electron chi connectivity index (χ0n) is 10.1. The summed E-state index contributed by atoms with van der Waals surface area (Å²) in [4.78, 5) is 10.9. The van der Waals surface area contributed by atoms with Crippen LogP contribution in [0.2, 0.25) is 0 Å². The summed E-state index contributed by atoms with van der Waals surface area (Å²) in [5, 5.41) is 11.2. The number of nitrogens with one attached hydrogen (secondary N) is 1. The number of halogens is 3. The Bertz CT molecular complexity index is 293. The van der Waals surface area contributed by atoms with Crippen molar-refractivity contribution in [2.24, 2.45) is 0 Å². The molecule has 1 amide bonds. The average molecular weight is 271 g/mol. The molecular formula is C10H16F3NO4. The van der Waals surface area contributed by atoms with E-state index < -0.39 is 24.4 Å². The standard InChI is InChI=1S/C10H16F3NO4/c1-3-17-6-5-9(16,10(11,12)13)7-14-8(15)18-4-2/h5-6,16H,3-4,7H2,1-2H3,(H,14,15)/b6-5+/t9-/m0/s1. The van der Waals surface area contributed by atoms with Gasteiger partial charge in [0, 0.05) is 0 Å². The second-order valence-corrected chi connectivity index (χ2v) is 3.25. The lowest BCUT2D eigenvalue weighted by molar-refractivity contribution is -0.237. The first kappa shape index (κ1) is 16.6. The lowest BCUT2D eigenvalue weighted by Gasteiger charge is -2.27. The van der Waals surface area contributed by atoms with Crippen LogP contribution in [0, 0.1) is 0 Å². The third-order valence-corrected chi connectivity index (χ3v) is 1.88. The van der Waals surface area contributed by atoms with E-state index in [1.807, 2.05) is 5.32 Å². The van der Waals surface area contributed by atoms with Crippen LogP contribution < -0.4 is 5.32 Å². The highest BCUT2D eigenvalue weighted by Gasteiger charge is 2.52. The number of carbonyl (C=O) groups excluding carboxylic acids is 1. The summed E-state index contributed by atoms with van der Waals surface area (Å²) in [7, 11) is 0. The predicted molar refractivity (Wildman–Crippen MR) is 56.8 cm³/mol. The molecule has 0 spiro atoms. The van der Waals surface area contributed by atoms with Crippen molar-refractivity contribution in [3.05, 3.63) is 12.3 Å². The molecule has 0 aromatic rings. The zero-order valence-corrected chi connectivity index (χ0v) is 10.1. The van der Waals surface area contributed by atoms with E-state index in [1.54, 1.807) is 6.92 Å². The average Bonchev–Trinajstić information content (AvgIpc) is 2.26. The molecular weight excluding hydrogens is 255 g/mol. The zero-order chi connectivity index (χ0) is 14.2. The van der Waals surface area contributed by atoms with E-state index in [-0.39, 0.29) is 13.2 Å². The number of hydrogen-bond donors (Lipinski definition) is 2. The molecule has 0 fully saturated rings. The summed E-state index contributed by atoms with van der Waals surface area (Å²) in [6.07, 6.45) is -4.81. The van der Waals surface area contributed by atoms with E-state index in [9.17, 15) is 23.1 Å². The molecule has 5 nitrogen and oxygen atoms in total. The molecule has 1 atom stereocenters. The third kappa shape index (κ3) is 5.26. The lowest BCUT2D eigenvalue weighted by atomic mass is 10.0. The second kappa shape index (κ2) is 7.10. The fourth-order valence-corrected chi connectivity index (χ4v) is 0.900. The minimum Gasteiger partial charge on any atom is -0.502 e. The number of rotatable bonds is 6. The molecule has 0 aromatic carbocycles. The largest absolute Gasteiger partial charge is 0.502 e. The molecule has 2 N–H and O–H groups in total. The van der Waals surface area contributed by atoms with Crippen LogP contribution in [0.1, 0.15) is 13.8 Å². The van der Waals surface area contributed by atoms with Gasteiger partial charge in [0.15, 0.2) is 5.60 Å². The molecule has 0 aliphatic heterocycles. The summed E-state index contributed by atoms with van der Waals surface area (Å²) >= 11 is 0. The van der Waals surface area contributed by atoms with Gasteiger partial charge in [-0.1, -0.05) is 0 Å². The van der Waals surface area contributed by atoms with Crippen LogP contribution in [0.4, 0.5) is 18.0 Å². The van der Waals surface area contributed by atoms with Gasteiger partial charge in [0.2, 0.25) is 0 Å². The predicted octanol–water partition coefficient (Wildman–Crippen LogP) is 1.58. The third-order valence-electron chi connectivity index (χ3n) is 1.88. The summed E-state index contributed by atoms with van der Waals surface area (Å²) in [6, 6.07) is 0. The highest BCUT2D eigenvalue weighted by atomic mass is 19.4. The van der Waals surface area contributed by atoms with Gasteiger partial charge in [-0.2, -0.15) is 13.2 Å². The van der Waals surface area contributed by atoms with E-state index in [1.165, 1.54) is 6.92 Å². The van der Waals surface area contributed by atoms with Gasteiger partial charge in [-0.05, 0) is 19.9 Å². The summed E-state index contributed by atoms with van der Waals surface area (Å²) < 4.78 is 46.8. The molecule has 0 radical (unpaired) electrons. The Hall–Kier alpha value is -1.44. The number of aliphatic hydroxyl groups is 1. The van der Waals surface area contributed by atoms with E-state index in [4.69, 9.17) is 0 Å². The minimum atomic E-state index is -4.94. The number of alkyl carbamates (subject to hydrolysis) is 1. The van der Waals surface area contributed by atoms with Gasteiger partial charge in [0.25, 0.3) is 0 Å². The van der Waals surface area contributed by atoms with Crippen molar-refractivity contribution in [3.63, 3.8) is 0 Å². The van der Waals surface area contributed by atoms with Crippen molar-refractivity contribution in [1.82, 2.24) is 5.32 Å². The quantitative estimate of drug-likeness (QED) is 0.720. The molecule has 0 saturated heterocycles. The van der Waals surface area contributed by atoms with E-state index in [2.05, 4.69) is 9.47 Å². The number of alkyl halides is 3. The topological polar surface area (TPSA) is 67.8 Å². The smallest absolute Gasteiger partial charge is 0.422 e. The maximum absolute atomic E-state index is 12.6. The molecule has 18 heavy (non-hydrogen) atoms. The van der Waals surface area contributed by atoms with Crippen LogP contribution in [0.25, 0.3) is 0 Å². The summed E-state index contributed by atoms with van der Waals surface area (Å²) in [6.45, 7) is 2.21. The SMILES string of the molecule is CCO/C=C/[C@](O)(CNC(=O)OCC)C(F)(F)F. The van der Waals surface area contributed by atoms with Crippen molar-refractivity contribution in [2.45, 2.75) is 25.6 Å². The Morgan fingerprint density at radius 1 is 1.33 bits per heavy atom. The van der Waals surface area contributed by atoms with Gasteiger partial charge < -0.3 is 19.9 Å². The van der Waals surface area contributed by atoms with E-state index in [0.717, 1.165) is 6.26 Å². The molecule has 0 aliphatic carbocycles. The van der Waals surface area contributed by atoms with Crippen LogP contribution in [0.5, 0.6) is 0 Å². The maximum Gasteiger partial charge on any atom is 0.422 e. The molecule has 8 heteroatoms. The Balaban J connectivity index is 4.64. The van der Waals surface area contributed by atoms with Crippen LogP contribution >= 0.6 is 0 Å². The molecule has 0 heterocycles. The van der Waals surface area contributed by atoms with Crippen LogP contribution in [-0.2, 0) is 9.47 Å². The first-order valence-corrected chi connectivity index (χ1v) is 5.26. The fraction of sp³-hybridized carbons (Fsp3) is 0.700. The first-order valence-electron chi connectivity index (χ1n) is 5.26.